The summed E-state index contributed by atoms with van der Waals surface area (Å²) in [7, 11) is 1.73. The van der Waals surface area contributed by atoms with E-state index in [-0.39, 0.29) is 11.6 Å². The maximum atomic E-state index is 13.5. The second-order valence-corrected chi connectivity index (χ2v) is 9.81. The van der Waals surface area contributed by atoms with Gasteiger partial charge in [-0.3, -0.25) is 9.36 Å². The van der Waals surface area contributed by atoms with E-state index in [1.165, 1.54) is 0 Å². The van der Waals surface area contributed by atoms with Gasteiger partial charge in [0.25, 0.3) is 5.56 Å². The van der Waals surface area contributed by atoms with Crippen LogP contribution in [-0.4, -0.2) is 44.0 Å². The van der Waals surface area contributed by atoms with Gasteiger partial charge in [0.1, 0.15) is 5.65 Å². The minimum atomic E-state index is -0.152. The van der Waals surface area contributed by atoms with E-state index in [4.69, 9.17) is 20.8 Å². The summed E-state index contributed by atoms with van der Waals surface area (Å²) < 4.78 is 12.9. The highest BCUT2D eigenvalue weighted by Gasteiger charge is 2.18. The van der Waals surface area contributed by atoms with Gasteiger partial charge in [-0.2, -0.15) is 4.98 Å². The molecule has 0 unspecified atom stereocenters. The number of aromatic nitrogens is 5. The van der Waals surface area contributed by atoms with Crippen molar-refractivity contribution in [3.05, 3.63) is 75.7 Å². The van der Waals surface area contributed by atoms with Crippen molar-refractivity contribution in [3.8, 4) is 34.0 Å². The molecule has 0 atom stereocenters. The Labute approximate surface area is 223 Å². The SMILES string of the molecule is Cc1ccc(-c2nnc(-c3ccc(Cl)cc3)o2)cc1-c1cc2cnc(NC3CCOCC3)nc2n(C)c1=O. The lowest BCUT2D eigenvalue weighted by Crippen LogP contribution is -2.29. The molecule has 9 nitrogen and oxygen atoms in total. The first-order valence-corrected chi connectivity index (χ1v) is 12.8. The van der Waals surface area contributed by atoms with Crippen LogP contribution in [0.15, 0.2) is 63.9 Å². The minimum absolute atomic E-state index is 0.152. The number of fused-ring (bicyclic) bond motifs is 1. The van der Waals surface area contributed by atoms with Gasteiger partial charge in [-0.15, -0.1) is 10.2 Å². The molecule has 1 aliphatic rings. The Morgan fingerprint density at radius 2 is 1.68 bits per heavy atom. The van der Waals surface area contributed by atoms with Crippen molar-refractivity contribution in [2.75, 3.05) is 18.5 Å². The molecule has 0 amide bonds. The maximum absolute atomic E-state index is 13.5. The molecule has 10 heteroatoms. The van der Waals surface area contributed by atoms with Gasteiger partial charge in [0.05, 0.1) is 0 Å². The van der Waals surface area contributed by atoms with Crippen LogP contribution in [0.4, 0.5) is 5.95 Å². The van der Waals surface area contributed by atoms with Gasteiger partial charge < -0.3 is 14.5 Å². The molecule has 0 saturated carbocycles. The minimum Gasteiger partial charge on any atom is -0.416 e. The van der Waals surface area contributed by atoms with Crippen molar-refractivity contribution in [1.82, 2.24) is 24.7 Å². The van der Waals surface area contributed by atoms with E-state index < -0.39 is 0 Å². The zero-order chi connectivity index (χ0) is 26.2. The summed E-state index contributed by atoms with van der Waals surface area (Å²) >= 11 is 5.99. The Morgan fingerprint density at radius 3 is 2.45 bits per heavy atom. The third-order valence-corrected chi connectivity index (χ3v) is 7.05. The summed E-state index contributed by atoms with van der Waals surface area (Å²) in [6.45, 7) is 3.40. The topological polar surface area (TPSA) is 108 Å². The number of pyridine rings is 1. The number of hydrogen-bond donors (Lipinski definition) is 1. The summed E-state index contributed by atoms with van der Waals surface area (Å²) in [6, 6.07) is 15.0. The molecule has 4 heterocycles. The number of halogens is 1. The Kier molecular flexibility index (Phi) is 6.39. The van der Waals surface area contributed by atoms with Crippen LogP contribution in [0.1, 0.15) is 18.4 Å². The number of nitrogens with zero attached hydrogens (tertiary/aromatic N) is 5. The average molecular weight is 529 g/mol. The first kappa shape index (κ1) is 24.3. The quantitative estimate of drug-likeness (QED) is 0.329. The lowest BCUT2D eigenvalue weighted by atomic mass is 9.98. The number of benzene rings is 2. The average Bonchev–Trinajstić information content (AvgIpc) is 3.43. The predicted molar refractivity (Wildman–Crippen MR) is 146 cm³/mol. The van der Waals surface area contributed by atoms with Gasteiger partial charge in [0.2, 0.25) is 17.7 Å². The second kappa shape index (κ2) is 10.00. The maximum Gasteiger partial charge on any atom is 0.259 e. The number of hydrogen-bond acceptors (Lipinski definition) is 8. The Balaban J connectivity index is 1.35. The molecule has 0 aliphatic carbocycles. The second-order valence-electron chi connectivity index (χ2n) is 9.37. The van der Waals surface area contributed by atoms with E-state index in [0.29, 0.717) is 39.5 Å². The van der Waals surface area contributed by atoms with Crippen molar-refractivity contribution >= 4 is 28.6 Å². The summed E-state index contributed by atoms with van der Waals surface area (Å²) in [5.41, 5.74) is 4.18. The fourth-order valence-corrected chi connectivity index (χ4v) is 4.75. The molecule has 192 valence electrons. The molecule has 1 saturated heterocycles. The van der Waals surface area contributed by atoms with E-state index in [2.05, 4.69) is 25.5 Å². The van der Waals surface area contributed by atoms with Crippen LogP contribution in [0.2, 0.25) is 5.02 Å². The summed E-state index contributed by atoms with van der Waals surface area (Å²) in [5.74, 6) is 1.27. The summed E-state index contributed by atoms with van der Waals surface area (Å²) in [6.07, 6.45) is 3.55. The zero-order valence-electron chi connectivity index (χ0n) is 20.9. The molecule has 2 aromatic carbocycles. The van der Waals surface area contributed by atoms with Crippen LogP contribution in [0.25, 0.3) is 45.1 Å². The molecular formula is C28H25ClN6O3. The molecular weight excluding hydrogens is 504 g/mol. The van der Waals surface area contributed by atoms with Crippen LogP contribution in [0.5, 0.6) is 0 Å². The fourth-order valence-electron chi connectivity index (χ4n) is 4.63. The van der Waals surface area contributed by atoms with E-state index in [1.807, 2.05) is 43.3 Å². The van der Waals surface area contributed by atoms with Gasteiger partial charge in [-0.05, 0) is 73.4 Å². The van der Waals surface area contributed by atoms with E-state index in [9.17, 15) is 4.79 Å². The van der Waals surface area contributed by atoms with E-state index in [0.717, 1.165) is 48.1 Å². The van der Waals surface area contributed by atoms with Crippen molar-refractivity contribution in [1.29, 1.82) is 0 Å². The van der Waals surface area contributed by atoms with Crippen LogP contribution in [-0.2, 0) is 11.8 Å². The number of anilines is 1. The number of aryl methyl sites for hydroxylation is 2. The molecule has 6 rings (SSSR count). The third-order valence-electron chi connectivity index (χ3n) is 6.79. The van der Waals surface area contributed by atoms with Crippen LogP contribution in [0, 0.1) is 6.92 Å². The molecule has 1 fully saturated rings. The predicted octanol–water partition coefficient (Wildman–Crippen LogP) is 5.27. The Bertz CT molecular complexity index is 1690. The normalized spacial score (nSPS) is 14.2. The molecule has 0 bridgehead atoms. The zero-order valence-corrected chi connectivity index (χ0v) is 21.7. The highest BCUT2D eigenvalue weighted by Crippen LogP contribution is 2.30. The van der Waals surface area contributed by atoms with E-state index >= 15 is 0 Å². The highest BCUT2D eigenvalue weighted by atomic mass is 35.5. The van der Waals surface area contributed by atoms with Gasteiger partial charge in [0, 0.05) is 59.6 Å². The summed E-state index contributed by atoms with van der Waals surface area (Å²) in [5, 5.41) is 13.2. The standard InChI is InChI=1S/C28H25ClN6O3/c1-16-3-4-18(26-34-33-25(38-26)17-5-7-20(29)8-6-17)13-22(16)23-14-19-15-30-28(31-21-9-11-37-12-10-21)32-24(19)35(2)27(23)36/h3-8,13-15,21H,9-12H2,1-2H3,(H,30,31,32). The largest absolute Gasteiger partial charge is 0.416 e. The fraction of sp³-hybridized carbons (Fsp3) is 0.250. The van der Waals surface area contributed by atoms with Crippen molar-refractivity contribution < 1.29 is 9.15 Å². The third kappa shape index (κ3) is 4.66. The van der Waals surface area contributed by atoms with Gasteiger partial charge in [0.15, 0.2) is 0 Å². The van der Waals surface area contributed by atoms with E-state index in [1.54, 1.807) is 29.9 Å². The van der Waals surface area contributed by atoms with Crippen molar-refractivity contribution in [2.45, 2.75) is 25.8 Å². The van der Waals surface area contributed by atoms with Gasteiger partial charge >= 0.3 is 0 Å². The van der Waals surface area contributed by atoms with Gasteiger partial charge in [-0.25, -0.2) is 4.98 Å². The lowest BCUT2D eigenvalue weighted by molar-refractivity contribution is 0.0903. The summed E-state index contributed by atoms with van der Waals surface area (Å²) in [4.78, 5) is 22.7. The Morgan fingerprint density at radius 1 is 0.974 bits per heavy atom. The molecule has 1 aliphatic heterocycles. The highest BCUT2D eigenvalue weighted by molar-refractivity contribution is 6.30. The van der Waals surface area contributed by atoms with Crippen LogP contribution < -0.4 is 10.9 Å². The number of nitrogens with one attached hydrogen (secondary N) is 1. The molecule has 5 aromatic rings. The molecule has 3 aromatic heterocycles. The first-order chi connectivity index (χ1) is 18.5. The number of ether oxygens (including phenoxy) is 1. The monoisotopic (exact) mass is 528 g/mol. The van der Waals surface area contributed by atoms with Crippen molar-refractivity contribution in [2.24, 2.45) is 7.05 Å². The first-order valence-electron chi connectivity index (χ1n) is 12.4. The molecule has 0 spiro atoms. The van der Waals surface area contributed by atoms with Gasteiger partial charge in [-0.1, -0.05) is 17.7 Å². The smallest absolute Gasteiger partial charge is 0.259 e. The van der Waals surface area contributed by atoms with Crippen LogP contribution >= 0.6 is 11.6 Å². The molecule has 38 heavy (non-hydrogen) atoms. The number of rotatable bonds is 5. The lowest BCUT2D eigenvalue weighted by Gasteiger charge is -2.23. The molecule has 1 N–H and O–H groups in total. The van der Waals surface area contributed by atoms with Crippen LogP contribution in [0.3, 0.4) is 0 Å². The van der Waals surface area contributed by atoms with Crippen molar-refractivity contribution in [3.63, 3.8) is 0 Å². The Hall–Kier alpha value is -4.08. The molecule has 0 radical (unpaired) electrons.